The van der Waals surface area contributed by atoms with Crippen molar-refractivity contribution in [1.29, 1.82) is 0 Å². The Kier molecular flexibility index (Phi) is 11.5. The number of hydrogen-bond acceptors (Lipinski definition) is 3. The molecule has 0 bridgehead atoms. The lowest BCUT2D eigenvalue weighted by Crippen LogP contribution is -2.17. The first kappa shape index (κ1) is 16.4. The van der Waals surface area contributed by atoms with E-state index in [1.165, 1.54) is 32.1 Å². The highest BCUT2D eigenvalue weighted by Crippen LogP contribution is 2.08. The second-order valence-corrected chi connectivity index (χ2v) is 4.60. The van der Waals surface area contributed by atoms with Gasteiger partial charge < -0.3 is 9.47 Å². The molecule has 0 radical (unpaired) electrons. The van der Waals surface area contributed by atoms with Gasteiger partial charge in [-0.1, -0.05) is 45.4 Å². The minimum atomic E-state index is -0.0949. The summed E-state index contributed by atoms with van der Waals surface area (Å²) in [4.78, 5) is 11.3. The van der Waals surface area contributed by atoms with E-state index in [0.29, 0.717) is 13.0 Å². The van der Waals surface area contributed by atoms with E-state index >= 15 is 0 Å². The van der Waals surface area contributed by atoms with Crippen LogP contribution in [0.4, 0.5) is 0 Å². The average Bonchev–Trinajstić information content (AvgIpc) is 2.34. The van der Waals surface area contributed by atoms with Gasteiger partial charge in [-0.05, 0) is 13.3 Å². The van der Waals surface area contributed by atoms with Crippen molar-refractivity contribution < 1.29 is 14.3 Å². The van der Waals surface area contributed by atoms with Crippen LogP contribution in [0.5, 0.6) is 0 Å². The first-order chi connectivity index (χ1) is 8.20. The molecule has 0 amide bonds. The van der Waals surface area contributed by atoms with E-state index in [4.69, 9.17) is 9.47 Å². The molecule has 0 fully saturated rings. The van der Waals surface area contributed by atoms with E-state index < -0.39 is 0 Å². The summed E-state index contributed by atoms with van der Waals surface area (Å²) in [5.74, 6) is -0.0949. The zero-order valence-electron chi connectivity index (χ0n) is 11.7. The third-order valence-electron chi connectivity index (χ3n) is 2.87. The third-order valence-corrected chi connectivity index (χ3v) is 2.87. The molecule has 1 unspecified atom stereocenters. The maximum Gasteiger partial charge on any atom is 0.305 e. The maximum absolute atomic E-state index is 11.3. The molecule has 3 nitrogen and oxygen atoms in total. The molecule has 1 atom stereocenters. The van der Waals surface area contributed by atoms with Crippen molar-refractivity contribution in [2.45, 2.75) is 71.3 Å². The Hall–Kier alpha value is -0.570. The van der Waals surface area contributed by atoms with Gasteiger partial charge >= 0.3 is 5.97 Å². The van der Waals surface area contributed by atoms with E-state index in [-0.39, 0.29) is 12.1 Å². The summed E-state index contributed by atoms with van der Waals surface area (Å²) in [7, 11) is 1.62. The molecule has 0 aromatic rings. The largest absolute Gasteiger partial charge is 0.463 e. The van der Waals surface area contributed by atoms with Crippen molar-refractivity contribution in [2.24, 2.45) is 0 Å². The first-order valence-corrected chi connectivity index (χ1v) is 6.89. The molecule has 0 aliphatic rings. The van der Waals surface area contributed by atoms with Gasteiger partial charge in [0.05, 0.1) is 6.10 Å². The van der Waals surface area contributed by atoms with Crippen LogP contribution in [0.25, 0.3) is 0 Å². The smallest absolute Gasteiger partial charge is 0.305 e. The van der Waals surface area contributed by atoms with Crippen LogP contribution in [-0.4, -0.2) is 25.8 Å². The van der Waals surface area contributed by atoms with Crippen LogP contribution in [0.15, 0.2) is 0 Å². The monoisotopic (exact) mass is 244 g/mol. The van der Waals surface area contributed by atoms with Crippen LogP contribution >= 0.6 is 0 Å². The Morgan fingerprint density at radius 1 is 1.06 bits per heavy atom. The summed E-state index contributed by atoms with van der Waals surface area (Å²) >= 11 is 0. The van der Waals surface area contributed by atoms with Crippen molar-refractivity contribution >= 4 is 5.97 Å². The highest BCUT2D eigenvalue weighted by Gasteiger charge is 2.05. The van der Waals surface area contributed by atoms with Gasteiger partial charge in [-0.2, -0.15) is 0 Å². The standard InChI is InChI=1S/C14H28O3/c1-4-5-6-7-8-9-10-11-14(15)17-12-13(2)16-3/h13H,4-12H2,1-3H3. The lowest BCUT2D eigenvalue weighted by atomic mass is 10.1. The fourth-order valence-electron chi connectivity index (χ4n) is 1.58. The van der Waals surface area contributed by atoms with Crippen molar-refractivity contribution in [3.05, 3.63) is 0 Å². The maximum atomic E-state index is 11.3. The number of ether oxygens (including phenoxy) is 2. The number of unbranched alkanes of at least 4 members (excludes halogenated alkanes) is 6. The van der Waals surface area contributed by atoms with Gasteiger partial charge in [0.2, 0.25) is 0 Å². The molecule has 0 aliphatic carbocycles. The lowest BCUT2D eigenvalue weighted by molar-refractivity contribution is -0.147. The quantitative estimate of drug-likeness (QED) is 0.410. The molecule has 0 N–H and O–H groups in total. The fraction of sp³-hybridized carbons (Fsp3) is 0.929. The van der Waals surface area contributed by atoms with Crippen LogP contribution in [0.1, 0.15) is 65.2 Å². The zero-order chi connectivity index (χ0) is 12.9. The Morgan fingerprint density at radius 2 is 1.65 bits per heavy atom. The summed E-state index contributed by atoms with van der Waals surface area (Å²) in [6.45, 7) is 4.48. The minimum absolute atomic E-state index is 0.00649. The van der Waals surface area contributed by atoms with Crippen LogP contribution < -0.4 is 0 Å². The van der Waals surface area contributed by atoms with Crippen LogP contribution in [0.3, 0.4) is 0 Å². The number of carbonyl (C=O) groups is 1. The Labute approximate surface area is 106 Å². The van der Waals surface area contributed by atoms with Crippen LogP contribution in [-0.2, 0) is 14.3 Å². The molecule has 102 valence electrons. The second kappa shape index (κ2) is 11.9. The molecular formula is C14H28O3. The summed E-state index contributed by atoms with van der Waals surface area (Å²) in [5, 5.41) is 0. The van der Waals surface area contributed by atoms with Gasteiger partial charge in [0.15, 0.2) is 0 Å². The van der Waals surface area contributed by atoms with Crippen molar-refractivity contribution in [1.82, 2.24) is 0 Å². The van der Waals surface area contributed by atoms with E-state index in [0.717, 1.165) is 12.8 Å². The van der Waals surface area contributed by atoms with Crippen molar-refractivity contribution in [3.8, 4) is 0 Å². The first-order valence-electron chi connectivity index (χ1n) is 6.89. The number of methoxy groups -OCH3 is 1. The molecule has 3 heteroatoms. The molecule has 0 aliphatic heterocycles. The Morgan fingerprint density at radius 3 is 2.24 bits per heavy atom. The lowest BCUT2D eigenvalue weighted by Gasteiger charge is -2.09. The van der Waals surface area contributed by atoms with Gasteiger partial charge in [0.1, 0.15) is 6.61 Å². The van der Waals surface area contributed by atoms with Gasteiger partial charge in [0.25, 0.3) is 0 Å². The highest BCUT2D eigenvalue weighted by atomic mass is 16.6. The molecule has 17 heavy (non-hydrogen) atoms. The molecular weight excluding hydrogens is 216 g/mol. The fourth-order valence-corrected chi connectivity index (χ4v) is 1.58. The van der Waals surface area contributed by atoms with Crippen LogP contribution in [0.2, 0.25) is 0 Å². The molecule has 0 saturated carbocycles. The summed E-state index contributed by atoms with van der Waals surface area (Å²) in [6, 6.07) is 0. The topological polar surface area (TPSA) is 35.5 Å². The summed E-state index contributed by atoms with van der Waals surface area (Å²) < 4.78 is 10.1. The van der Waals surface area contributed by atoms with E-state index in [9.17, 15) is 4.79 Å². The molecule has 0 spiro atoms. The minimum Gasteiger partial charge on any atom is -0.463 e. The number of rotatable bonds is 11. The van der Waals surface area contributed by atoms with Crippen LogP contribution in [0, 0.1) is 0 Å². The average molecular weight is 244 g/mol. The van der Waals surface area contributed by atoms with E-state index in [2.05, 4.69) is 6.92 Å². The SMILES string of the molecule is CCCCCCCCCC(=O)OCC(C)OC. The Balaban J connectivity index is 3.22. The van der Waals surface area contributed by atoms with Gasteiger partial charge in [-0.3, -0.25) is 4.79 Å². The predicted molar refractivity (Wildman–Crippen MR) is 70.0 cm³/mol. The van der Waals surface area contributed by atoms with Gasteiger partial charge in [-0.15, -0.1) is 0 Å². The summed E-state index contributed by atoms with van der Waals surface area (Å²) in [5.41, 5.74) is 0. The number of esters is 1. The van der Waals surface area contributed by atoms with E-state index in [1.807, 2.05) is 6.92 Å². The van der Waals surface area contributed by atoms with E-state index in [1.54, 1.807) is 7.11 Å². The number of hydrogen-bond donors (Lipinski definition) is 0. The summed E-state index contributed by atoms with van der Waals surface area (Å²) in [6.07, 6.45) is 9.10. The molecule has 0 aromatic carbocycles. The zero-order valence-corrected chi connectivity index (χ0v) is 11.7. The molecule has 0 rings (SSSR count). The molecule has 0 aromatic heterocycles. The third kappa shape index (κ3) is 11.7. The molecule has 0 heterocycles. The normalized spacial score (nSPS) is 12.4. The highest BCUT2D eigenvalue weighted by molar-refractivity contribution is 5.69. The Bertz CT molecular complexity index is 180. The number of carbonyl (C=O) groups excluding carboxylic acids is 1. The van der Waals surface area contributed by atoms with Gasteiger partial charge in [-0.25, -0.2) is 0 Å². The molecule has 0 saturated heterocycles. The van der Waals surface area contributed by atoms with Gasteiger partial charge in [0, 0.05) is 13.5 Å². The predicted octanol–water partition coefficient (Wildman–Crippen LogP) is 3.71. The van der Waals surface area contributed by atoms with Crippen molar-refractivity contribution in [3.63, 3.8) is 0 Å². The van der Waals surface area contributed by atoms with Crippen molar-refractivity contribution in [2.75, 3.05) is 13.7 Å². The second-order valence-electron chi connectivity index (χ2n) is 4.60.